The summed E-state index contributed by atoms with van der Waals surface area (Å²) in [5, 5.41) is 0. The van der Waals surface area contributed by atoms with Crippen molar-refractivity contribution in [2.75, 3.05) is 11.9 Å². The zero-order chi connectivity index (χ0) is 15.6. The maximum atomic E-state index is 12.5. The lowest BCUT2D eigenvalue weighted by atomic mass is 9.96. The van der Waals surface area contributed by atoms with E-state index in [1.807, 2.05) is 13.2 Å². The second kappa shape index (κ2) is 6.66. The number of hydrogen-bond donors (Lipinski definition) is 0. The molecule has 1 aromatic rings. The van der Waals surface area contributed by atoms with E-state index in [0.717, 1.165) is 12.1 Å². The van der Waals surface area contributed by atoms with Crippen molar-refractivity contribution < 1.29 is 4.79 Å². The summed E-state index contributed by atoms with van der Waals surface area (Å²) in [5.74, 6) is -0.0788. The van der Waals surface area contributed by atoms with Crippen LogP contribution in [0.25, 0.3) is 0 Å². The van der Waals surface area contributed by atoms with Gasteiger partial charge in [0.05, 0.1) is 10.6 Å². The lowest BCUT2D eigenvalue weighted by Gasteiger charge is -2.22. The van der Waals surface area contributed by atoms with Gasteiger partial charge in [0.2, 0.25) is 0 Å². The Bertz CT molecular complexity index is 586. The topological polar surface area (TPSA) is 23.6 Å². The van der Waals surface area contributed by atoms with Crippen molar-refractivity contribution in [1.29, 1.82) is 0 Å². The van der Waals surface area contributed by atoms with Crippen LogP contribution in [0.3, 0.4) is 0 Å². The van der Waals surface area contributed by atoms with E-state index >= 15 is 0 Å². The first kappa shape index (κ1) is 16.1. The van der Waals surface area contributed by atoms with Crippen LogP contribution in [0.1, 0.15) is 20.3 Å². The van der Waals surface area contributed by atoms with Gasteiger partial charge >= 0.3 is 0 Å². The van der Waals surface area contributed by atoms with Crippen molar-refractivity contribution in [3.63, 3.8) is 0 Å². The third-order valence-electron chi connectivity index (χ3n) is 3.55. The SMILES string of the molecule is [B]c1ccc(N2C(=O)C(=CN(C)C(C)CC)SC2=S)cc1. The number of thiocarbonyl (C=S) groups is 1. The molecule has 2 radical (unpaired) electrons. The van der Waals surface area contributed by atoms with E-state index in [1.54, 1.807) is 29.2 Å². The largest absolute Gasteiger partial charge is 0.377 e. The average molecular weight is 316 g/mol. The minimum absolute atomic E-state index is 0.0788. The Morgan fingerprint density at radius 3 is 2.62 bits per heavy atom. The standard InChI is InChI=1S/C15H17BN2OS2/c1-4-10(2)17(3)9-13-14(19)18(15(20)21-13)12-7-5-11(16)6-8-12/h5-10H,4H2,1-3H3. The second-order valence-corrected chi connectivity index (χ2v) is 6.69. The molecule has 1 heterocycles. The maximum absolute atomic E-state index is 12.5. The number of carbonyl (C=O) groups excluding carboxylic acids is 1. The van der Waals surface area contributed by atoms with Gasteiger partial charge in [-0.15, -0.1) is 0 Å². The van der Waals surface area contributed by atoms with E-state index in [0.29, 0.717) is 20.7 Å². The Hall–Kier alpha value is -1.27. The van der Waals surface area contributed by atoms with Crippen molar-refractivity contribution in [1.82, 2.24) is 4.90 Å². The molecule has 108 valence electrons. The molecular weight excluding hydrogens is 299 g/mol. The molecule has 0 bridgehead atoms. The van der Waals surface area contributed by atoms with E-state index in [-0.39, 0.29) is 5.91 Å². The Kier molecular flexibility index (Phi) is 5.11. The Balaban J connectivity index is 2.24. The lowest BCUT2D eigenvalue weighted by Crippen LogP contribution is -2.29. The number of nitrogens with zero attached hydrogens (tertiary/aromatic N) is 2. The molecule has 1 aliphatic rings. The summed E-state index contributed by atoms with van der Waals surface area (Å²) in [6.07, 6.45) is 2.90. The highest BCUT2D eigenvalue weighted by Gasteiger charge is 2.33. The third-order valence-corrected chi connectivity index (χ3v) is 4.84. The number of benzene rings is 1. The van der Waals surface area contributed by atoms with Crippen molar-refractivity contribution >= 4 is 53.2 Å². The summed E-state index contributed by atoms with van der Waals surface area (Å²) in [7, 11) is 7.65. The molecule has 0 N–H and O–H groups in total. The van der Waals surface area contributed by atoms with Gasteiger partial charge in [-0.3, -0.25) is 9.69 Å². The highest BCUT2D eigenvalue weighted by molar-refractivity contribution is 8.27. The van der Waals surface area contributed by atoms with Gasteiger partial charge in [-0.05, 0) is 25.5 Å². The zero-order valence-corrected chi connectivity index (χ0v) is 14.0. The number of thioether (sulfide) groups is 1. The van der Waals surface area contributed by atoms with E-state index in [4.69, 9.17) is 20.1 Å². The van der Waals surface area contributed by atoms with Crippen LogP contribution in [0.5, 0.6) is 0 Å². The van der Waals surface area contributed by atoms with Gasteiger partial charge in [0, 0.05) is 19.3 Å². The van der Waals surface area contributed by atoms with E-state index < -0.39 is 0 Å². The number of rotatable bonds is 4. The first-order valence-electron chi connectivity index (χ1n) is 6.79. The Morgan fingerprint density at radius 2 is 2.05 bits per heavy atom. The molecule has 0 spiro atoms. The summed E-state index contributed by atoms with van der Waals surface area (Å²) >= 11 is 6.67. The first-order valence-corrected chi connectivity index (χ1v) is 8.02. The minimum atomic E-state index is -0.0788. The zero-order valence-electron chi connectivity index (χ0n) is 12.4. The highest BCUT2D eigenvalue weighted by Crippen LogP contribution is 2.34. The molecule has 0 saturated carbocycles. The second-order valence-electron chi connectivity index (χ2n) is 5.02. The number of hydrogen-bond acceptors (Lipinski definition) is 4. The van der Waals surface area contributed by atoms with Gasteiger partial charge < -0.3 is 4.90 Å². The smallest absolute Gasteiger partial charge is 0.272 e. The molecular formula is C15H17BN2OS2. The summed E-state index contributed by atoms with van der Waals surface area (Å²) in [6, 6.07) is 7.53. The van der Waals surface area contributed by atoms with Crippen LogP contribution in [0, 0.1) is 0 Å². The van der Waals surface area contributed by atoms with Crippen molar-refractivity contribution in [2.45, 2.75) is 26.3 Å². The Labute approximate surface area is 136 Å². The van der Waals surface area contributed by atoms with Gasteiger partial charge in [0.1, 0.15) is 7.85 Å². The normalized spacial score (nSPS) is 18.4. The van der Waals surface area contributed by atoms with Crippen molar-refractivity contribution in [3.8, 4) is 0 Å². The summed E-state index contributed by atoms with van der Waals surface area (Å²) in [4.78, 5) is 16.8. The maximum Gasteiger partial charge on any atom is 0.272 e. The van der Waals surface area contributed by atoms with Crippen molar-refractivity contribution in [3.05, 3.63) is 35.4 Å². The minimum Gasteiger partial charge on any atom is -0.377 e. The summed E-state index contributed by atoms with van der Waals surface area (Å²) in [6.45, 7) is 4.24. The van der Waals surface area contributed by atoms with Crippen LogP contribution in [-0.4, -0.2) is 36.1 Å². The first-order chi connectivity index (χ1) is 9.93. The van der Waals surface area contributed by atoms with Crippen LogP contribution in [-0.2, 0) is 4.79 Å². The number of carbonyl (C=O) groups is 1. The molecule has 1 aliphatic heterocycles. The predicted molar refractivity (Wildman–Crippen MR) is 95.1 cm³/mol. The van der Waals surface area contributed by atoms with E-state index in [1.165, 1.54) is 11.8 Å². The van der Waals surface area contributed by atoms with Gasteiger partial charge in [-0.1, -0.05) is 48.5 Å². The predicted octanol–water partition coefficient (Wildman–Crippen LogP) is 2.42. The third kappa shape index (κ3) is 3.50. The molecule has 1 saturated heterocycles. The molecule has 0 aromatic heterocycles. The molecule has 1 unspecified atom stereocenters. The molecule has 6 heteroatoms. The molecule has 1 atom stereocenters. The van der Waals surface area contributed by atoms with E-state index in [2.05, 4.69) is 18.7 Å². The van der Waals surface area contributed by atoms with Crippen LogP contribution in [0.15, 0.2) is 35.4 Å². The highest BCUT2D eigenvalue weighted by atomic mass is 32.2. The van der Waals surface area contributed by atoms with Crippen molar-refractivity contribution in [2.24, 2.45) is 0 Å². The van der Waals surface area contributed by atoms with Gasteiger partial charge in [0.15, 0.2) is 4.32 Å². The molecule has 21 heavy (non-hydrogen) atoms. The van der Waals surface area contributed by atoms with Crippen LogP contribution < -0.4 is 10.4 Å². The van der Waals surface area contributed by atoms with Gasteiger partial charge in [-0.2, -0.15) is 0 Å². The Morgan fingerprint density at radius 1 is 1.43 bits per heavy atom. The van der Waals surface area contributed by atoms with Crippen LogP contribution in [0.2, 0.25) is 0 Å². The quantitative estimate of drug-likeness (QED) is 0.483. The molecule has 0 aliphatic carbocycles. The van der Waals surface area contributed by atoms with Gasteiger partial charge in [0.25, 0.3) is 5.91 Å². The van der Waals surface area contributed by atoms with Crippen LogP contribution >= 0.6 is 24.0 Å². The summed E-state index contributed by atoms with van der Waals surface area (Å²) in [5.41, 5.74) is 1.41. The molecule has 1 amide bonds. The molecule has 3 nitrogen and oxygen atoms in total. The molecule has 1 fully saturated rings. The lowest BCUT2D eigenvalue weighted by molar-refractivity contribution is -0.113. The fourth-order valence-corrected chi connectivity index (χ4v) is 3.23. The van der Waals surface area contributed by atoms with Crippen LogP contribution in [0.4, 0.5) is 5.69 Å². The molecule has 2 rings (SSSR count). The number of anilines is 1. The fraction of sp³-hybridized carbons (Fsp3) is 0.333. The average Bonchev–Trinajstić information content (AvgIpc) is 2.74. The monoisotopic (exact) mass is 316 g/mol. The summed E-state index contributed by atoms with van der Waals surface area (Å²) < 4.78 is 0.550. The van der Waals surface area contributed by atoms with Gasteiger partial charge in [-0.25, -0.2) is 0 Å². The van der Waals surface area contributed by atoms with E-state index in [9.17, 15) is 4.79 Å². The fourth-order valence-electron chi connectivity index (χ4n) is 1.90. The number of amides is 1. The molecule has 1 aromatic carbocycles.